The molecule has 84 valence electrons. The summed E-state index contributed by atoms with van der Waals surface area (Å²) in [7, 11) is 0. The van der Waals surface area contributed by atoms with E-state index >= 15 is 0 Å². The average Bonchev–Trinajstić information content (AvgIpc) is 2.66. The van der Waals surface area contributed by atoms with Crippen molar-refractivity contribution in [3.05, 3.63) is 47.1 Å². The minimum atomic E-state index is -0.209. The highest BCUT2D eigenvalue weighted by Crippen LogP contribution is 2.11. The van der Waals surface area contributed by atoms with E-state index in [1.165, 1.54) is 11.1 Å². The highest BCUT2D eigenvalue weighted by molar-refractivity contribution is 5.24. The second kappa shape index (κ2) is 4.45. The first-order valence-corrected chi connectivity index (χ1v) is 5.29. The summed E-state index contributed by atoms with van der Waals surface area (Å²) in [6.45, 7) is 3.89. The second-order valence-corrected chi connectivity index (χ2v) is 4.00. The fraction of sp³-hybridized carbons (Fsp3) is 0.333. The fourth-order valence-corrected chi connectivity index (χ4v) is 1.53. The number of aryl methyl sites for hydroxylation is 1. The second-order valence-electron chi connectivity index (χ2n) is 4.00. The maximum Gasteiger partial charge on any atom is 0.243 e. The van der Waals surface area contributed by atoms with Crippen LogP contribution < -0.4 is 5.73 Å². The summed E-state index contributed by atoms with van der Waals surface area (Å²) in [4.78, 5) is 4.23. The number of nitrogens with zero attached hydrogens (tertiary/aromatic N) is 2. The molecular formula is C12H15N3O. The number of nitrogens with two attached hydrogens (primary N) is 1. The molecule has 0 aliphatic rings. The lowest BCUT2D eigenvalue weighted by molar-refractivity contribution is 0.358. The molecular weight excluding hydrogens is 202 g/mol. The van der Waals surface area contributed by atoms with E-state index < -0.39 is 0 Å². The molecule has 0 aliphatic heterocycles. The zero-order valence-electron chi connectivity index (χ0n) is 9.47. The molecule has 0 fully saturated rings. The van der Waals surface area contributed by atoms with E-state index in [9.17, 15) is 0 Å². The Morgan fingerprint density at radius 3 is 2.88 bits per heavy atom. The molecule has 1 unspecified atom stereocenters. The molecule has 1 aromatic carbocycles. The van der Waals surface area contributed by atoms with Crippen molar-refractivity contribution < 1.29 is 4.52 Å². The Kier molecular flexibility index (Phi) is 3.01. The number of hydrogen-bond donors (Lipinski definition) is 1. The molecule has 1 heterocycles. The summed E-state index contributed by atoms with van der Waals surface area (Å²) in [6.07, 6.45) is 0.678. The van der Waals surface area contributed by atoms with E-state index in [0.717, 1.165) is 0 Å². The van der Waals surface area contributed by atoms with Crippen LogP contribution in [-0.2, 0) is 6.42 Å². The van der Waals surface area contributed by atoms with Crippen LogP contribution in [-0.4, -0.2) is 10.1 Å². The van der Waals surface area contributed by atoms with Crippen molar-refractivity contribution in [3.63, 3.8) is 0 Å². The average molecular weight is 217 g/mol. The Bertz CT molecular complexity index is 477. The molecule has 2 aromatic rings. The van der Waals surface area contributed by atoms with E-state index in [4.69, 9.17) is 10.3 Å². The van der Waals surface area contributed by atoms with Gasteiger partial charge in [-0.05, 0) is 19.4 Å². The van der Waals surface area contributed by atoms with Crippen LogP contribution >= 0.6 is 0 Å². The van der Waals surface area contributed by atoms with Gasteiger partial charge in [0.05, 0.1) is 6.04 Å². The number of hydrogen-bond acceptors (Lipinski definition) is 4. The molecule has 4 heteroatoms. The molecule has 1 aromatic heterocycles. The van der Waals surface area contributed by atoms with Crippen molar-refractivity contribution in [2.45, 2.75) is 26.3 Å². The molecule has 0 saturated heterocycles. The quantitative estimate of drug-likeness (QED) is 0.853. The topological polar surface area (TPSA) is 64.9 Å². The number of rotatable bonds is 3. The first-order chi connectivity index (χ1) is 7.65. The third-order valence-corrected chi connectivity index (χ3v) is 2.32. The zero-order valence-corrected chi connectivity index (χ0v) is 9.47. The summed E-state index contributed by atoms with van der Waals surface area (Å²) in [6, 6.07) is 8.04. The highest BCUT2D eigenvalue weighted by Gasteiger charge is 2.10. The monoisotopic (exact) mass is 217 g/mol. The van der Waals surface area contributed by atoms with Crippen molar-refractivity contribution in [3.8, 4) is 0 Å². The normalized spacial score (nSPS) is 12.7. The summed E-state index contributed by atoms with van der Waals surface area (Å²) in [5.74, 6) is 1.17. The van der Waals surface area contributed by atoms with E-state index in [1.54, 1.807) is 0 Å². The lowest BCUT2D eigenvalue weighted by Gasteiger charge is -1.98. The fourth-order valence-electron chi connectivity index (χ4n) is 1.53. The van der Waals surface area contributed by atoms with Crippen LogP contribution in [0.3, 0.4) is 0 Å². The maximum absolute atomic E-state index is 5.65. The Balaban J connectivity index is 2.14. The van der Waals surface area contributed by atoms with Gasteiger partial charge in [0.25, 0.3) is 0 Å². The third-order valence-electron chi connectivity index (χ3n) is 2.32. The Morgan fingerprint density at radius 2 is 2.25 bits per heavy atom. The van der Waals surface area contributed by atoms with Gasteiger partial charge in [-0.3, -0.25) is 0 Å². The van der Waals surface area contributed by atoms with Gasteiger partial charge in [-0.1, -0.05) is 35.0 Å². The van der Waals surface area contributed by atoms with E-state index in [0.29, 0.717) is 18.1 Å². The molecule has 0 amide bonds. The smallest absolute Gasteiger partial charge is 0.243 e. The maximum atomic E-state index is 5.65. The van der Waals surface area contributed by atoms with E-state index in [-0.39, 0.29) is 6.04 Å². The summed E-state index contributed by atoms with van der Waals surface area (Å²) in [5, 5.41) is 3.90. The third kappa shape index (κ3) is 2.46. The van der Waals surface area contributed by atoms with Gasteiger partial charge in [0.1, 0.15) is 0 Å². The van der Waals surface area contributed by atoms with Gasteiger partial charge in [-0.25, -0.2) is 0 Å². The molecule has 0 aliphatic carbocycles. The van der Waals surface area contributed by atoms with Gasteiger partial charge >= 0.3 is 0 Å². The van der Waals surface area contributed by atoms with Gasteiger partial charge in [-0.2, -0.15) is 4.98 Å². The van der Waals surface area contributed by atoms with Crippen molar-refractivity contribution in [1.29, 1.82) is 0 Å². The standard InChI is InChI=1S/C12H15N3O/c1-8-4-3-5-10(6-8)7-11-14-12(9(2)13)16-15-11/h3-6,9H,7,13H2,1-2H3. The van der Waals surface area contributed by atoms with Crippen LogP contribution in [0.2, 0.25) is 0 Å². The molecule has 1 atom stereocenters. The molecule has 2 N–H and O–H groups in total. The van der Waals surface area contributed by atoms with Gasteiger partial charge in [-0.15, -0.1) is 0 Å². The van der Waals surface area contributed by atoms with E-state index in [1.807, 2.05) is 13.0 Å². The summed E-state index contributed by atoms with van der Waals surface area (Å²) < 4.78 is 5.04. The van der Waals surface area contributed by atoms with Gasteiger partial charge in [0.15, 0.2) is 5.82 Å². The lowest BCUT2D eigenvalue weighted by Crippen LogP contribution is -2.05. The van der Waals surface area contributed by atoms with E-state index in [2.05, 4.69) is 35.3 Å². The minimum Gasteiger partial charge on any atom is -0.338 e. The summed E-state index contributed by atoms with van der Waals surface area (Å²) in [5.41, 5.74) is 8.06. The SMILES string of the molecule is Cc1cccc(Cc2noc(C(C)N)n2)c1. The lowest BCUT2D eigenvalue weighted by atomic mass is 10.1. The van der Waals surface area contributed by atoms with Crippen LogP contribution in [0.15, 0.2) is 28.8 Å². The van der Waals surface area contributed by atoms with Crippen molar-refractivity contribution in [2.75, 3.05) is 0 Å². The zero-order chi connectivity index (χ0) is 11.5. The number of aromatic nitrogens is 2. The van der Waals surface area contributed by atoms with Crippen molar-refractivity contribution >= 4 is 0 Å². The van der Waals surface area contributed by atoms with Crippen LogP contribution in [0, 0.1) is 6.92 Å². The predicted octanol–water partition coefficient (Wildman–Crippen LogP) is 1.99. The van der Waals surface area contributed by atoms with Gasteiger partial charge in [0, 0.05) is 6.42 Å². The highest BCUT2D eigenvalue weighted by atomic mass is 16.5. The Morgan fingerprint density at radius 1 is 1.44 bits per heavy atom. The molecule has 4 nitrogen and oxygen atoms in total. The van der Waals surface area contributed by atoms with Crippen molar-refractivity contribution in [1.82, 2.24) is 10.1 Å². The predicted molar refractivity (Wildman–Crippen MR) is 60.9 cm³/mol. The Labute approximate surface area is 94.5 Å². The molecule has 0 saturated carbocycles. The van der Waals surface area contributed by atoms with Crippen LogP contribution in [0.5, 0.6) is 0 Å². The molecule has 0 spiro atoms. The van der Waals surface area contributed by atoms with Gasteiger partial charge < -0.3 is 10.3 Å². The molecule has 16 heavy (non-hydrogen) atoms. The number of benzene rings is 1. The molecule has 0 radical (unpaired) electrons. The van der Waals surface area contributed by atoms with Crippen molar-refractivity contribution in [2.24, 2.45) is 5.73 Å². The van der Waals surface area contributed by atoms with Crippen LogP contribution in [0.25, 0.3) is 0 Å². The molecule has 2 rings (SSSR count). The minimum absolute atomic E-state index is 0.209. The largest absolute Gasteiger partial charge is 0.338 e. The first kappa shape index (κ1) is 10.8. The Hall–Kier alpha value is -1.68. The van der Waals surface area contributed by atoms with Crippen LogP contribution in [0.1, 0.15) is 35.8 Å². The molecule has 0 bridgehead atoms. The summed E-state index contributed by atoms with van der Waals surface area (Å²) >= 11 is 0. The van der Waals surface area contributed by atoms with Gasteiger partial charge in [0.2, 0.25) is 5.89 Å². The first-order valence-electron chi connectivity index (χ1n) is 5.29. The van der Waals surface area contributed by atoms with Crippen LogP contribution in [0.4, 0.5) is 0 Å².